The average molecular weight is 287 g/mol. The monoisotopic (exact) mass is 287 g/mol. The van der Waals surface area contributed by atoms with E-state index in [9.17, 15) is 4.79 Å². The summed E-state index contributed by atoms with van der Waals surface area (Å²) in [7, 11) is 0. The third-order valence-corrected chi connectivity index (χ3v) is 3.69. The van der Waals surface area contributed by atoms with Crippen molar-refractivity contribution in [2.24, 2.45) is 0 Å². The van der Waals surface area contributed by atoms with Gasteiger partial charge in [-0.25, -0.2) is 4.98 Å². The number of aromatic amines is 2. The number of rotatable bonds is 2. The molecule has 0 aliphatic rings. The Morgan fingerprint density at radius 1 is 0.773 bits per heavy atom. The minimum atomic E-state index is -0.153. The molecule has 4 nitrogen and oxygen atoms in total. The minimum Gasteiger partial charge on any atom is -0.281 e. The summed E-state index contributed by atoms with van der Waals surface area (Å²) in [4.78, 5) is 16.5. The highest BCUT2D eigenvalue weighted by atomic mass is 16.1. The third kappa shape index (κ3) is 2.02. The van der Waals surface area contributed by atoms with Gasteiger partial charge in [-0.05, 0) is 11.6 Å². The Bertz CT molecular complexity index is 985. The number of hydrogen-bond acceptors (Lipinski definition) is 2. The van der Waals surface area contributed by atoms with Crippen LogP contribution in [0.2, 0.25) is 0 Å². The van der Waals surface area contributed by atoms with Gasteiger partial charge in [0.05, 0.1) is 11.1 Å². The molecule has 0 spiro atoms. The van der Waals surface area contributed by atoms with Crippen LogP contribution in [0.1, 0.15) is 0 Å². The smallest absolute Gasteiger partial charge is 0.273 e. The molecule has 2 aromatic carbocycles. The maximum Gasteiger partial charge on any atom is 0.273 e. The number of H-pyrrole nitrogens is 2. The van der Waals surface area contributed by atoms with Crippen molar-refractivity contribution in [3.8, 4) is 22.4 Å². The van der Waals surface area contributed by atoms with Gasteiger partial charge in [0.25, 0.3) is 5.56 Å². The normalized spacial score (nSPS) is 10.9. The van der Waals surface area contributed by atoms with E-state index in [-0.39, 0.29) is 5.56 Å². The third-order valence-electron chi connectivity index (χ3n) is 3.69. The van der Waals surface area contributed by atoms with Crippen LogP contribution in [0.4, 0.5) is 0 Å². The Morgan fingerprint density at radius 3 is 2.09 bits per heavy atom. The largest absolute Gasteiger partial charge is 0.281 e. The highest BCUT2D eigenvalue weighted by Gasteiger charge is 2.13. The van der Waals surface area contributed by atoms with Crippen molar-refractivity contribution in [2.75, 3.05) is 0 Å². The second-order valence-corrected chi connectivity index (χ2v) is 5.09. The molecule has 2 aromatic heterocycles. The number of nitrogens with one attached hydrogen (secondary N) is 2. The van der Waals surface area contributed by atoms with Crippen LogP contribution in [0.15, 0.2) is 71.5 Å². The van der Waals surface area contributed by atoms with Crippen LogP contribution in [0.25, 0.3) is 33.4 Å². The molecule has 0 bridgehead atoms. The zero-order valence-corrected chi connectivity index (χ0v) is 11.7. The predicted molar refractivity (Wildman–Crippen MR) is 87.6 cm³/mol. The highest BCUT2D eigenvalue weighted by molar-refractivity contribution is 5.89. The van der Waals surface area contributed by atoms with E-state index < -0.39 is 0 Å². The summed E-state index contributed by atoms with van der Waals surface area (Å²) in [5.74, 6) is 0. The summed E-state index contributed by atoms with van der Waals surface area (Å²) < 4.78 is 0. The first-order chi connectivity index (χ1) is 10.8. The molecule has 4 heteroatoms. The Morgan fingerprint density at radius 2 is 1.41 bits per heavy atom. The van der Waals surface area contributed by atoms with Crippen molar-refractivity contribution in [2.45, 2.75) is 0 Å². The molecule has 22 heavy (non-hydrogen) atoms. The SMILES string of the molecule is O=c1[nH][nH]c2nc(-c3ccccc3)c(-c3ccccc3)cc12. The van der Waals surface area contributed by atoms with Gasteiger partial charge in [0.15, 0.2) is 5.65 Å². The van der Waals surface area contributed by atoms with Gasteiger partial charge in [-0.15, -0.1) is 0 Å². The van der Waals surface area contributed by atoms with E-state index in [1.807, 2.05) is 66.7 Å². The van der Waals surface area contributed by atoms with Crippen molar-refractivity contribution >= 4 is 11.0 Å². The summed E-state index contributed by atoms with van der Waals surface area (Å²) >= 11 is 0. The van der Waals surface area contributed by atoms with Gasteiger partial charge >= 0.3 is 0 Å². The van der Waals surface area contributed by atoms with Crippen LogP contribution >= 0.6 is 0 Å². The molecule has 4 rings (SSSR count). The van der Waals surface area contributed by atoms with Gasteiger partial charge in [0.2, 0.25) is 0 Å². The fourth-order valence-electron chi connectivity index (χ4n) is 2.62. The first-order valence-electron chi connectivity index (χ1n) is 7.05. The minimum absolute atomic E-state index is 0.153. The quantitative estimate of drug-likeness (QED) is 0.592. The lowest BCUT2D eigenvalue weighted by Gasteiger charge is -2.09. The van der Waals surface area contributed by atoms with E-state index in [4.69, 9.17) is 0 Å². The van der Waals surface area contributed by atoms with Crippen LogP contribution in [0.3, 0.4) is 0 Å². The number of aromatic nitrogens is 3. The highest BCUT2D eigenvalue weighted by Crippen LogP contribution is 2.31. The summed E-state index contributed by atoms with van der Waals surface area (Å²) in [6.45, 7) is 0. The van der Waals surface area contributed by atoms with Gasteiger partial charge in [0, 0.05) is 11.1 Å². The second kappa shape index (κ2) is 5.00. The molecule has 0 unspecified atom stereocenters. The van der Waals surface area contributed by atoms with Crippen LogP contribution in [-0.4, -0.2) is 15.2 Å². The molecule has 0 amide bonds. The number of fused-ring (bicyclic) bond motifs is 1. The van der Waals surface area contributed by atoms with Crippen LogP contribution in [0.5, 0.6) is 0 Å². The number of pyridine rings is 1. The molecule has 2 N–H and O–H groups in total. The van der Waals surface area contributed by atoms with Gasteiger partial charge in [-0.3, -0.25) is 15.0 Å². The Hall–Kier alpha value is -3.14. The molecule has 106 valence electrons. The summed E-state index contributed by atoms with van der Waals surface area (Å²) in [6, 6.07) is 21.9. The van der Waals surface area contributed by atoms with Crippen molar-refractivity contribution in [3.63, 3.8) is 0 Å². The topological polar surface area (TPSA) is 61.5 Å². The zero-order chi connectivity index (χ0) is 14.9. The van der Waals surface area contributed by atoms with E-state index >= 15 is 0 Å². The maximum absolute atomic E-state index is 11.9. The fourth-order valence-corrected chi connectivity index (χ4v) is 2.62. The van der Waals surface area contributed by atoms with Crippen molar-refractivity contribution in [1.82, 2.24) is 15.2 Å². The van der Waals surface area contributed by atoms with Gasteiger partial charge in [-0.2, -0.15) is 0 Å². The van der Waals surface area contributed by atoms with Crippen molar-refractivity contribution in [3.05, 3.63) is 77.1 Å². The first kappa shape index (κ1) is 12.6. The molecule has 0 aliphatic carbocycles. The molecule has 0 aliphatic heterocycles. The van der Waals surface area contributed by atoms with E-state index in [0.717, 1.165) is 22.4 Å². The van der Waals surface area contributed by atoms with Crippen molar-refractivity contribution in [1.29, 1.82) is 0 Å². The van der Waals surface area contributed by atoms with Crippen molar-refractivity contribution < 1.29 is 0 Å². The molecule has 2 heterocycles. The Kier molecular flexibility index (Phi) is 2.86. The molecule has 0 radical (unpaired) electrons. The van der Waals surface area contributed by atoms with Gasteiger partial charge in [-0.1, -0.05) is 60.7 Å². The molecule has 4 aromatic rings. The van der Waals surface area contributed by atoms with E-state index in [1.165, 1.54) is 0 Å². The standard InChI is InChI=1S/C18H13N3O/c22-18-15-11-14(12-7-3-1-4-8-12)16(19-17(15)20-21-18)13-9-5-2-6-10-13/h1-11H,(H2,19,20,21,22). The van der Waals surface area contributed by atoms with Gasteiger partial charge < -0.3 is 0 Å². The number of hydrogen-bond donors (Lipinski definition) is 2. The molecule has 0 saturated carbocycles. The van der Waals surface area contributed by atoms with E-state index in [1.54, 1.807) is 0 Å². The molecule has 0 saturated heterocycles. The Balaban J connectivity index is 2.07. The van der Waals surface area contributed by atoms with Crippen LogP contribution in [-0.2, 0) is 0 Å². The zero-order valence-electron chi connectivity index (χ0n) is 11.7. The lowest BCUT2D eigenvalue weighted by atomic mass is 9.98. The summed E-state index contributed by atoms with van der Waals surface area (Å²) in [5.41, 5.74) is 4.28. The van der Waals surface area contributed by atoms with E-state index in [0.29, 0.717) is 11.0 Å². The average Bonchev–Trinajstić information content (AvgIpc) is 2.96. The van der Waals surface area contributed by atoms with Crippen LogP contribution in [0, 0.1) is 0 Å². The molecular formula is C18H13N3O. The lowest BCUT2D eigenvalue weighted by molar-refractivity contribution is 1.06. The number of nitrogens with zero attached hydrogens (tertiary/aromatic N) is 1. The predicted octanol–water partition coefficient (Wildman–Crippen LogP) is 3.59. The summed E-state index contributed by atoms with van der Waals surface area (Å²) in [6.07, 6.45) is 0. The number of benzene rings is 2. The fraction of sp³-hybridized carbons (Fsp3) is 0. The maximum atomic E-state index is 11.9. The van der Waals surface area contributed by atoms with E-state index in [2.05, 4.69) is 15.2 Å². The van der Waals surface area contributed by atoms with Gasteiger partial charge in [0.1, 0.15) is 0 Å². The molecule has 0 fully saturated rings. The molecular weight excluding hydrogens is 274 g/mol. The second-order valence-electron chi connectivity index (χ2n) is 5.09. The lowest BCUT2D eigenvalue weighted by Crippen LogP contribution is -1.98. The first-order valence-corrected chi connectivity index (χ1v) is 7.05. The summed E-state index contributed by atoms with van der Waals surface area (Å²) in [5, 5.41) is 5.99. The molecule has 0 atom stereocenters. The van der Waals surface area contributed by atoms with Crippen LogP contribution < -0.4 is 5.56 Å². The Labute approximate surface area is 126 Å².